The normalized spacial score (nSPS) is 14.1. The topological polar surface area (TPSA) is 40.0 Å². The molecule has 4 heteroatoms. The van der Waals surface area contributed by atoms with E-state index in [1.165, 1.54) is 0 Å². The van der Waals surface area contributed by atoms with E-state index >= 15 is 0 Å². The highest BCUT2D eigenvalue weighted by Crippen LogP contribution is 2.32. The SMILES string of the molecule is CO/N=C(\C)Cc1ccc2c(c1)OCO2. The van der Waals surface area contributed by atoms with Crippen molar-refractivity contribution in [2.75, 3.05) is 13.9 Å². The van der Waals surface area contributed by atoms with Crippen LogP contribution in [0.25, 0.3) is 0 Å². The maximum atomic E-state index is 5.29. The van der Waals surface area contributed by atoms with E-state index in [-0.39, 0.29) is 0 Å². The van der Waals surface area contributed by atoms with E-state index < -0.39 is 0 Å². The Morgan fingerprint density at radius 2 is 2.20 bits per heavy atom. The van der Waals surface area contributed by atoms with Gasteiger partial charge in [0.2, 0.25) is 6.79 Å². The lowest BCUT2D eigenvalue weighted by molar-refractivity contribution is 0.174. The molecule has 0 aliphatic carbocycles. The second-order valence-corrected chi connectivity index (χ2v) is 3.37. The van der Waals surface area contributed by atoms with Gasteiger partial charge in [-0.25, -0.2) is 0 Å². The van der Waals surface area contributed by atoms with Gasteiger partial charge >= 0.3 is 0 Å². The van der Waals surface area contributed by atoms with E-state index in [1.54, 1.807) is 7.11 Å². The van der Waals surface area contributed by atoms with Crippen LogP contribution in [0.4, 0.5) is 0 Å². The minimum atomic E-state index is 0.309. The number of fused-ring (bicyclic) bond motifs is 1. The van der Waals surface area contributed by atoms with Crippen molar-refractivity contribution in [2.24, 2.45) is 5.16 Å². The van der Waals surface area contributed by atoms with E-state index in [1.807, 2.05) is 25.1 Å². The summed E-state index contributed by atoms with van der Waals surface area (Å²) in [5, 5.41) is 3.86. The summed E-state index contributed by atoms with van der Waals surface area (Å²) in [4.78, 5) is 4.70. The maximum Gasteiger partial charge on any atom is 0.231 e. The Morgan fingerprint density at radius 1 is 1.40 bits per heavy atom. The summed E-state index contributed by atoms with van der Waals surface area (Å²) in [5.74, 6) is 1.61. The number of oxime groups is 1. The van der Waals surface area contributed by atoms with Gasteiger partial charge in [0.1, 0.15) is 7.11 Å². The summed E-state index contributed by atoms with van der Waals surface area (Å²) in [5.41, 5.74) is 2.06. The molecule has 0 atom stereocenters. The number of rotatable bonds is 3. The van der Waals surface area contributed by atoms with E-state index in [2.05, 4.69) is 5.16 Å². The highest BCUT2D eigenvalue weighted by atomic mass is 16.7. The van der Waals surface area contributed by atoms with Gasteiger partial charge in [-0.15, -0.1) is 0 Å². The summed E-state index contributed by atoms with van der Waals surface area (Å²) in [6, 6.07) is 5.89. The van der Waals surface area contributed by atoms with Gasteiger partial charge in [0, 0.05) is 6.42 Å². The maximum absolute atomic E-state index is 5.29. The minimum absolute atomic E-state index is 0.309. The van der Waals surface area contributed by atoms with Crippen LogP contribution in [0.2, 0.25) is 0 Å². The Labute approximate surface area is 88.4 Å². The van der Waals surface area contributed by atoms with Crippen LogP contribution in [0.5, 0.6) is 11.5 Å². The zero-order valence-corrected chi connectivity index (χ0v) is 8.82. The number of ether oxygens (including phenoxy) is 2. The highest BCUT2D eigenvalue weighted by Gasteiger charge is 2.13. The molecule has 4 nitrogen and oxygen atoms in total. The third-order valence-electron chi connectivity index (χ3n) is 2.14. The summed E-state index contributed by atoms with van der Waals surface area (Å²) in [7, 11) is 1.54. The van der Waals surface area contributed by atoms with Crippen LogP contribution in [-0.4, -0.2) is 19.6 Å². The molecule has 0 saturated carbocycles. The van der Waals surface area contributed by atoms with E-state index in [0.717, 1.165) is 29.2 Å². The van der Waals surface area contributed by atoms with Crippen LogP contribution in [0.1, 0.15) is 12.5 Å². The monoisotopic (exact) mass is 207 g/mol. The summed E-state index contributed by atoms with van der Waals surface area (Å²) >= 11 is 0. The fourth-order valence-corrected chi connectivity index (χ4v) is 1.53. The van der Waals surface area contributed by atoms with Crippen molar-refractivity contribution in [1.29, 1.82) is 0 Å². The molecule has 0 radical (unpaired) electrons. The van der Waals surface area contributed by atoms with Crippen molar-refractivity contribution in [3.63, 3.8) is 0 Å². The zero-order valence-electron chi connectivity index (χ0n) is 8.82. The molecule has 0 aromatic heterocycles. The van der Waals surface area contributed by atoms with Crippen molar-refractivity contribution in [3.05, 3.63) is 23.8 Å². The van der Waals surface area contributed by atoms with Crippen LogP contribution in [0, 0.1) is 0 Å². The molecule has 1 aliphatic rings. The lowest BCUT2D eigenvalue weighted by Crippen LogP contribution is -1.98. The highest BCUT2D eigenvalue weighted by molar-refractivity contribution is 5.83. The molecule has 0 amide bonds. The standard InChI is InChI=1S/C11H13NO3/c1-8(12-13-2)5-9-3-4-10-11(6-9)15-7-14-10/h3-4,6H,5,7H2,1-2H3/b12-8+. The molecule has 0 saturated heterocycles. The lowest BCUT2D eigenvalue weighted by atomic mass is 10.1. The third kappa shape index (κ3) is 2.21. The first kappa shape index (κ1) is 9.83. The van der Waals surface area contributed by atoms with Gasteiger partial charge in [-0.1, -0.05) is 11.2 Å². The Morgan fingerprint density at radius 3 is 3.00 bits per heavy atom. The van der Waals surface area contributed by atoms with Gasteiger partial charge < -0.3 is 14.3 Å². The fraction of sp³-hybridized carbons (Fsp3) is 0.364. The molecule has 80 valence electrons. The van der Waals surface area contributed by atoms with Crippen molar-refractivity contribution >= 4 is 5.71 Å². The van der Waals surface area contributed by atoms with E-state index in [0.29, 0.717) is 6.79 Å². The molecule has 1 heterocycles. The van der Waals surface area contributed by atoms with Gasteiger partial charge in [0.15, 0.2) is 11.5 Å². The van der Waals surface area contributed by atoms with E-state index in [4.69, 9.17) is 14.3 Å². The van der Waals surface area contributed by atoms with Crippen LogP contribution in [-0.2, 0) is 11.3 Å². The molecular formula is C11H13NO3. The summed E-state index contributed by atoms with van der Waals surface area (Å²) in [6.07, 6.45) is 0.754. The van der Waals surface area contributed by atoms with Gasteiger partial charge in [-0.05, 0) is 24.6 Å². The lowest BCUT2D eigenvalue weighted by Gasteiger charge is -2.02. The largest absolute Gasteiger partial charge is 0.454 e. The molecule has 15 heavy (non-hydrogen) atoms. The Kier molecular flexibility index (Phi) is 2.76. The predicted octanol–water partition coefficient (Wildman–Crippen LogP) is 1.98. The Hall–Kier alpha value is -1.71. The van der Waals surface area contributed by atoms with Gasteiger partial charge in [0.25, 0.3) is 0 Å². The van der Waals surface area contributed by atoms with Crippen LogP contribution in [0.15, 0.2) is 23.4 Å². The zero-order chi connectivity index (χ0) is 10.7. The van der Waals surface area contributed by atoms with Crippen molar-refractivity contribution in [2.45, 2.75) is 13.3 Å². The molecule has 0 N–H and O–H groups in total. The predicted molar refractivity (Wildman–Crippen MR) is 56.4 cm³/mol. The van der Waals surface area contributed by atoms with Gasteiger partial charge in [-0.3, -0.25) is 0 Å². The molecule has 2 rings (SSSR count). The average molecular weight is 207 g/mol. The van der Waals surface area contributed by atoms with Crippen LogP contribution >= 0.6 is 0 Å². The van der Waals surface area contributed by atoms with Gasteiger partial charge in [-0.2, -0.15) is 0 Å². The minimum Gasteiger partial charge on any atom is -0.454 e. The van der Waals surface area contributed by atoms with Gasteiger partial charge in [0.05, 0.1) is 5.71 Å². The first-order valence-electron chi connectivity index (χ1n) is 4.75. The van der Waals surface area contributed by atoms with Crippen molar-refractivity contribution in [3.8, 4) is 11.5 Å². The molecule has 1 aliphatic heterocycles. The molecule has 1 aromatic rings. The summed E-state index contributed by atoms with van der Waals surface area (Å²) < 4.78 is 10.5. The molecular weight excluding hydrogens is 194 g/mol. The first-order chi connectivity index (χ1) is 7.29. The van der Waals surface area contributed by atoms with E-state index in [9.17, 15) is 0 Å². The number of hydrogen-bond donors (Lipinski definition) is 0. The van der Waals surface area contributed by atoms with Crippen LogP contribution in [0.3, 0.4) is 0 Å². The second kappa shape index (κ2) is 4.21. The Balaban J connectivity index is 2.13. The summed E-state index contributed by atoms with van der Waals surface area (Å²) in [6.45, 7) is 2.23. The average Bonchev–Trinajstić information content (AvgIpc) is 2.65. The van der Waals surface area contributed by atoms with Crippen LogP contribution < -0.4 is 9.47 Å². The fourth-order valence-electron chi connectivity index (χ4n) is 1.53. The Bertz CT molecular complexity index is 387. The number of hydrogen-bond acceptors (Lipinski definition) is 4. The first-order valence-corrected chi connectivity index (χ1v) is 4.75. The quantitative estimate of drug-likeness (QED) is 0.562. The number of benzene rings is 1. The smallest absolute Gasteiger partial charge is 0.231 e. The molecule has 0 unspecified atom stereocenters. The molecule has 1 aromatic carbocycles. The van der Waals surface area contributed by atoms with Crippen molar-refractivity contribution in [1.82, 2.24) is 0 Å². The van der Waals surface area contributed by atoms with Crippen molar-refractivity contribution < 1.29 is 14.3 Å². The molecule has 0 spiro atoms. The molecule has 0 bridgehead atoms. The number of nitrogens with zero attached hydrogens (tertiary/aromatic N) is 1. The third-order valence-corrected chi connectivity index (χ3v) is 2.14. The molecule has 0 fully saturated rings. The second-order valence-electron chi connectivity index (χ2n) is 3.37.